The van der Waals surface area contributed by atoms with Gasteiger partial charge < -0.3 is 15.1 Å². The van der Waals surface area contributed by atoms with Crippen molar-refractivity contribution in [1.29, 1.82) is 0 Å². The normalized spacial score (nSPS) is 13.6. The minimum Gasteiger partial charge on any atom is -0.469 e. The predicted molar refractivity (Wildman–Crippen MR) is 89.8 cm³/mol. The zero-order chi connectivity index (χ0) is 16.4. The first-order valence-electron chi connectivity index (χ1n) is 7.26. The molecule has 0 aliphatic carbocycles. The Bertz CT molecular complexity index is 565. The molecule has 1 aromatic rings. The van der Waals surface area contributed by atoms with Gasteiger partial charge in [-0.3, -0.25) is 4.99 Å². The van der Waals surface area contributed by atoms with E-state index in [2.05, 4.69) is 22.2 Å². The minimum absolute atomic E-state index is 0.00871. The summed E-state index contributed by atoms with van der Waals surface area (Å²) in [5.41, 5.74) is 0. The second kappa shape index (κ2) is 9.30. The molecule has 0 radical (unpaired) electrons. The van der Waals surface area contributed by atoms with Crippen molar-refractivity contribution in [2.45, 2.75) is 25.8 Å². The van der Waals surface area contributed by atoms with Crippen molar-refractivity contribution in [1.82, 2.24) is 10.6 Å². The van der Waals surface area contributed by atoms with Gasteiger partial charge in [0, 0.05) is 31.8 Å². The molecule has 0 saturated heterocycles. The summed E-state index contributed by atoms with van der Waals surface area (Å²) in [5.74, 6) is 1.69. The number of aliphatic imine (C=N–C) groups is 1. The van der Waals surface area contributed by atoms with Crippen LogP contribution in [0.5, 0.6) is 0 Å². The summed E-state index contributed by atoms with van der Waals surface area (Å²) in [7, 11) is -2.95. The monoisotopic (exact) mass is 327 g/mol. The molecule has 7 heteroatoms. The molecule has 0 bridgehead atoms. The molecule has 1 heterocycles. The summed E-state index contributed by atoms with van der Waals surface area (Å²) in [6, 6.07) is 3.77. The van der Waals surface area contributed by atoms with Crippen molar-refractivity contribution >= 4 is 15.8 Å². The Morgan fingerprint density at radius 1 is 1.55 bits per heavy atom. The van der Waals surface area contributed by atoms with E-state index in [0.29, 0.717) is 31.9 Å². The van der Waals surface area contributed by atoms with E-state index in [0.717, 1.165) is 5.76 Å². The average molecular weight is 327 g/mol. The fourth-order valence-corrected chi connectivity index (χ4v) is 2.53. The molecular weight excluding hydrogens is 302 g/mol. The molecule has 1 aromatic heterocycles. The molecule has 0 saturated carbocycles. The van der Waals surface area contributed by atoms with Crippen molar-refractivity contribution < 1.29 is 12.8 Å². The average Bonchev–Trinajstić information content (AvgIpc) is 2.95. The summed E-state index contributed by atoms with van der Waals surface area (Å²) in [6.07, 6.45) is 5.87. The van der Waals surface area contributed by atoms with Crippen LogP contribution in [0.25, 0.3) is 0 Å². The standard InChI is InChI=1S/C15H25N3O3S/c1-4-9-16-15(17-10-7-14-6-5-11-21-14)18-13(2)8-12-22(3,19)20/h4-6,11,13H,1,7-10,12H2,2-3H3,(H2,16,17,18). The Balaban J connectivity index is 2.49. The van der Waals surface area contributed by atoms with Crippen LogP contribution in [-0.2, 0) is 16.3 Å². The largest absolute Gasteiger partial charge is 0.469 e. The maximum absolute atomic E-state index is 11.2. The minimum atomic E-state index is -2.95. The summed E-state index contributed by atoms with van der Waals surface area (Å²) >= 11 is 0. The lowest BCUT2D eigenvalue weighted by atomic mass is 10.3. The number of hydrogen-bond acceptors (Lipinski definition) is 4. The van der Waals surface area contributed by atoms with Gasteiger partial charge in [0.15, 0.2) is 5.96 Å². The molecular formula is C15H25N3O3S. The fraction of sp³-hybridized carbons (Fsp3) is 0.533. The molecule has 0 aliphatic heterocycles. The van der Waals surface area contributed by atoms with Gasteiger partial charge >= 0.3 is 0 Å². The molecule has 124 valence electrons. The smallest absolute Gasteiger partial charge is 0.191 e. The fourth-order valence-electron chi connectivity index (χ4n) is 1.75. The first-order valence-corrected chi connectivity index (χ1v) is 9.32. The number of nitrogens with zero attached hydrogens (tertiary/aromatic N) is 1. The summed E-state index contributed by atoms with van der Waals surface area (Å²) < 4.78 is 27.7. The number of hydrogen-bond donors (Lipinski definition) is 2. The number of sulfone groups is 1. The van der Waals surface area contributed by atoms with Crippen molar-refractivity contribution in [3.8, 4) is 0 Å². The van der Waals surface area contributed by atoms with Crippen LogP contribution >= 0.6 is 0 Å². The van der Waals surface area contributed by atoms with Crippen molar-refractivity contribution in [3.63, 3.8) is 0 Å². The second-order valence-electron chi connectivity index (χ2n) is 5.19. The molecule has 1 rings (SSSR count). The zero-order valence-electron chi connectivity index (χ0n) is 13.2. The van der Waals surface area contributed by atoms with Gasteiger partial charge in [-0.1, -0.05) is 6.08 Å². The van der Waals surface area contributed by atoms with Gasteiger partial charge in [-0.25, -0.2) is 8.42 Å². The molecule has 0 fully saturated rings. The highest BCUT2D eigenvalue weighted by atomic mass is 32.2. The van der Waals surface area contributed by atoms with Crippen LogP contribution in [0.3, 0.4) is 0 Å². The molecule has 0 amide bonds. The van der Waals surface area contributed by atoms with E-state index < -0.39 is 9.84 Å². The quantitative estimate of drug-likeness (QED) is 0.406. The maximum Gasteiger partial charge on any atom is 0.191 e. The van der Waals surface area contributed by atoms with E-state index in [1.807, 2.05) is 19.1 Å². The van der Waals surface area contributed by atoms with Gasteiger partial charge in [-0.15, -0.1) is 6.58 Å². The molecule has 1 atom stereocenters. The molecule has 2 N–H and O–H groups in total. The Morgan fingerprint density at radius 3 is 2.91 bits per heavy atom. The van der Waals surface area contributed by atoms with Crippen LogP contribution in [0.1, 0.15) is 19.1 Å². The predicted octanol–water partition coefficient (Wildman–Crippen LogP) is 1.37. The Labute approximate surface area is 132 Å². The van der Waals surface area contributed by atoms with Gasteiger partial charge in [0.2, 0.25) is 0 Å². The SMILES string of the molecule is C=CCNC(=NCCc1ccco1)NC(C)CCS(C)(=O)=O. The van der Waals surface area contributed by atoms with Gasteiger partial charge in [-0.05, 0) is 25.5 Å². The molecule has 0 aromatic carbocycles. The third kappa shape index (κ3) is 8.51. The van der Waals surface area contributed by atoms with E-state index in [1.54, 1.807) is 12.3 Å². The van der Waals surface area contributed by atoms with Gasteiger partial charge in [0.05, 0.1) is 12.0 Å². The number of furan rings is 1. The number of rotatable bonds is 9. The molecule has 1 unspecified atom stereocenters. The molecule has 22 heavy (non-hydrogen) atoms. The Hall–Kier alpha value is -1.76. The van der Waals surface area contributed by atoms with Crippen LogP contribution in [-0.4, -0.2) is 45.5 Å². The maximum atomic E-state index is 11.2. The third-order valence-corrected chi connectivity index (χ3v) is 3.90. The van der Waals surface area contributed by atoms with Crippen molar-refractivity contribution in [3.05, 3.63) is 36.8 Å². The van der Waals surface area contributed by atoms with Crippen molar-refractivity contribution in [2.75, 3.05) is 25.1 Å². The van der Waals surface area contributed by atoms with Crippen LogP contribution in [0.4, 0.5) is 0 Å². The van der Waals surface area contributed by atoms with Gasteiger partial charge in [0.1, 0.15) is 15.6 Å². The zero-order valence-corrected chi connectivity index (χ0v) is 14.0. The Kier molecular flexibility index (Phi) is 7.73. The van der Waals surface area contributed by atoms with E-state index in [9.17, 15) is 8.42 Å². The highest BCUT2D eigenvalue weighted by Gasteiger charge is 2.09. The first-order chi connectivity index (χ1) is 10.4. The molecule has 0 aliphatic rings. The van der Waals surface area contributed by atoms with E-state index in [1.165, 1.54) is 6.26 Å². The van der Waals surface area contributed by atoms with Crippen LogP contribution in [0.2, 0.25) is 0 Å². The lowest BCUT2D eigenvalue weighted by Gasteiger charge is -2.17. The molecule has 0 spiro atoms. The van der Waals surface area contributed by atoms with Gasteiger partial charge in [-0.2, -0.15) is 0 Å². The van der Waals surface area contributed by atoms with Crippen LogP contribution in [0.15, 0.2) is 40.5 Å². The molecule has 6 nitrogen and oxygen atoms in total. The second-order valence-corrected chi connectivity index (χ2v) is 7.45. The topological polar surface area (TPSA) is 83.7 Å². The van der Waals surface area contributed by atoms with E-state index >= 15 is 0 Å². The van der Waals surface area contributed by atoms with E-state index in [-0.39, 0.29) is 11.8 Å². The highest BCUT2D eigenvalue weighted by molar-refractivity contribution is 7.90. The Morgan fingerprint density at radius 2 is 2.32 bits per heavy atom. The third-order valence-electron chi connectivity index (χ3n) is 2.93. The summed E-state index contributed by atoms with van der Waals surface area (Å²) in [4.78, 5) is 4.46. The summed E-state index contributed by atoms with van der Waals surface area (Å²) in [5, 5.41) is 6.32. The highest BCUT2D eigenvalue weighted by Crippen LogP contribution is 2.01. The number of guanidine groups is 1. The van der Waals surface area contributed by atoms with Gasteiger partial charge in [0.25, 0.3) is 0 Å². The lowest BCUT2D eigenvalue weighted by molar-refractivity contribution is 0.510. The van der Waals surface area contributed by atoms with Crippen LogP contribution < -0.4 is 10.6 Å². The number of nitrogens with one attached hydrogen (secondary N) is 2. The van der Waals surface area contributed by atoms with E-state index in [4.69, 9.17) is 4.42 Å². The summed E-state index contributed by atoms with van der Waals surface area (Å²) in [6.45, 7) is 6.77. The van der Waals surface area contributed by atoms with Crippen molar-refractivity contribution in [2.24, 2.45) is 4.99 Å². The van der Waals surface area contributed by atoms with Crippen LogP contribution in [0, 0.1) is 0 Å². The first kappa shape index (κ1) is 18.3. The lowest BCUT2D eigenvalue weighted by Crippen LogP contribution is -2.43.